The Balaban J connectivity index is 3.15. The summed E-state index contributed by atoms with van der Waals surface area (Å²) in [4.78, 5) is 10.5. The van der Waals surface area contributed by atoms with Crippen LogP contribution in [-0.4, -0.2) is 11.1 Å². The van der Waals surface area contributed by atoms with Crippen LogP contribution in [0.15, 0.2) is 30.3 Å². The van der Waals surface area contributed by atoms with Gasteiger partial charge in [0.05, 0.1) is 0 Å². The lowest BCUT2D eigenvalue weighted by atomic mass is 10.1. The highest BCUT2D eigenvalue weighted by Crippen LogP contribution is 2.22. The van der Waals surface area contributed by atoms with Crippen LogP contribution in [0.25, 0.3) is 5.57 Å². The molecule has 0 fully saturated rings. The lowest BCUT2D eigenvalue weighted by molar-refractivity contribution is -0.130. The summed E-state index contributed by atoms with van der Waals surface area (Å²) in [6.07, 6.45) is -2.19. The van der Waals surface area contributed by atoms with Gasteiger partial charge in [-0.15, -0.1) is 0 Å². The minimum absolute atomic E-state index is 0.00667. The predicted octanol–water partition coefficient (Wildman–Crippen LogP) is 3.27. The molecule has 5 heteroatoms. The van der Waals surface area contributed by atoms with Gasteiger partial charge in [-0.25, -0.2) is 4.79 Å². The number of hydrogen-bond acceptors (Lipinski definition) is 1. The highest BCUT2D eigenvalue weighted by molar-refractivity contribution is 9.08. The van der Waals surface area contributed by atoms with Gasteiger partial charge in [0, 0.05) is 5.33 Å². The van der Waals surface area contributed by atoms with E-state index in [4.69, 9.17) is 5.11 Å². The molecule has 0 bridgehead atoms. The molecular formula is C10H7BrF2O2. The zero-order valence-corrected chi connectivity index (χ0v) is 9.09. The van der Waals surface area contributed by atoms with E-state index in [0.717, 1.165) is 5.56 Å². The summed E-state index contributed by atoms with van der Waals surface area (Å²) in [6, 6.07) is 5.91. The number of aliphatic carboxylic acids is 1. The quantitative estimate of drug-likeness (QED) is 0.680. The summed E-state index contributed by atoms with van der Waals surface area (Å²) in [7, 11) is 0. The van der Waals surface area contributed by atoms with Gasteiger partial charge < -0.3 is 5.11 Å². The first kappa shape index (κ1) is 11.8. The van der Waals surface area contributed by atoms with Crippen molar-refractivity contribution in [2.45, 2.75) is 5.33 Å². The van der Waals surface area contributed by atoms with Gasteiger partial charge in [0.15, 0.2) is 0 Å². The van der Waals surface area contributed by atoms with Crippen LogP contribution < -0.4 is 0 Å². The van der Waals surface area contributed by atoms with Crippen molar-refractivity contribution >= 4 is 27.5 Å². The molecule has 0 heterocycles. The molecule has 1 rings (SSSR count). The Morgan fingerprint density at radius 1 is 1.27 bits per heavy atom. The van der Waals surface area contributed by atoms with Crippen molar-refractivity contribution in [3.8, 4) is 0 Å². The fraction of sp³-hybridized carbons (Fsp3) is 0.100. The molecule has 15 heavy (non-hydrogen) atoms. The minimum Gasteiger partial charge on any atom is -0.477 e. The molecule has 0 radical (unpaired) electrons. The van der Waals surface area contributed by atoms with Gasteiger partial charge >= 0.3 is 5.97 Å². The number of carboxylic acid groups (broad SMARTS) is 1. The van der Waals surface area contributed by atoms with E-state index >= 15 is 0 Å². The van der Waals surface area contributed by atoms with E-state index in [1.165, 1.54) is 12.1 Å². The molecule has 0 atom stereocenters. The second kappa shape index (κ2) is 5.02. The van der Waals surface area contributed by atoms with Gasteiger partial charge in [-0.3, -0.25) is 0 Å². The van der Waals surface area contributed by atoms with Crippen LogP contribution in [0.4, 0.5) is 8.78 Å². The Morgan fingerprint density at radius 2 is 1.80 bits per heavy atom. The van der Waals surface area contributed by atoms with E-state index in [0.29, 0.717) is 5.33 Å². The molecule has 0 saturated carbocycles. The summed E-state index contributed by atoms with van der Waals surface area (Å²) >= 11 is 3.20. The Labute approximate surface area is 93.4 Å². The fourth-order valence-corrected chi connectivity index (χ4v) is 1.45. The third-order valence-corrected chi connectivity index (χ3v) is 2.45. The van der Waals surface area contributed by atoms with E-state index in [1.807, 2.05) is 0 Å². The maximum absolute atomic E-state index is 12.3. The number of carboxylic acids is 1. The van der Waals surface area contributed by atoms with Crippen molar-refractivity contribution in [1.82, 2.24) is 0 Å². The summed E-state index contributed by atoms with van der Waals surface area (Å²) in [5.41, 5.74) is -0.0499. The molecule has 1 aromatic carbocycles. The molecule has 1 aromatic rings. The fourth-order valence-electron chi connectivity index (χ4n) is 1.07. The highest BCUT2D eigenvalue weighted by atomic mass is 79.9. The van der Waals surface area contributed by atoms with Crippen molar-refractivity contribution in [2.75, 3.05) is 0 Å². The first-order valence-corrected chi connectivity index (χ1v) is 5.12. The van der Waals surface area contributed by atoms with Gasteiger partial charge in [-0.1, -0.05) is 40.2 Å². The molecule has 0 aliphatic carbocycles. The molecule has 1 N–H and O–H groups in total. The standard InChI is InChI=1S/C10H7BrF2O2/c11-5-6-1-3-7(4-2-6)8(9(12)13)10(14)15/h1-4H,5H2,(H,14,15). The number of rotatable bonds is 3. The molecule has 0 aliphatic rings. The maximum Gasteiger partial charge on any atom is 0.341 e. The van der Waals surface area contributed by atoms with E-state index in [2.05, 4.69) is 15.9 Å². The minimum atomic E-state index is -2.19. The van der Waals surface area contributed by atoms with Gasteiger partial charge in [0.2, 0.25) is 0 Å². The normalized spacial score (nSPS) is 9.80. The number of carbonyl (C=O) groups is 1. The molecule has 2 nitrogen and oxygen atoms in total. The van der Waals surface area contributed by atoms with Crippen molar-refractivity contribution in [2.24, 2.45) is 0 Å². The Kier molecular flexibility index (Phi) is 3.96. The van der Waals surface area contributed by atoms with Crippen molar-refractivity contribution < 1.29 is 18.7 Å². The van der Waals surface area contributed by atoms with Crippen LogP contribution >= 0.6 is 15.9 Å². The monoisotopic (exact) mass is 276 g/mol. The van der Waals surface area contributed by atoms with E-state index in [1.54, 1.807) is 12.1 Å². The highest BCUT2D eigenvalue weighted by Gasteiger charge is 2.16. The Hall–Kier alpha value is -1.23. The average molecular weight is 277 g/mol. The maximum atomic E-state index is 12.3. The van der Waals surface area contributed by atoms with Crippen molar-refractivity contribution in [1.29, 1.82) is 0 Å². The van der Waals surface area contributed by atoms with Gasteiger partial charge in [-0.2, -0.15) is 8.78 Å². The van der Waals surface area contributed by atoms with E-state index in [-0.39, 0.29) is 5.56 Å². The summed E-state index contributed by atoms with van der Waals surface area (Å²) in [5, 5.41) is 9.17. The van der Waals surface area contributed by atoms with Crippen LogP contribution in [0.5, 0.6) is 0 Å². The Bertz CT molecular complexity index is 394. The van der Waals surface area contributed by atoms with Gasteiger partial charge in [-0.05, 0) is 11.1 Å². The summed E-state index contributed by atoms with van der Waals surface area (Å²) in [5.74, 6) is -1.62. The van der Waals surface area contributed by atoms with Crippen molar-refractivity contribution in [3.05, 3.63) is 41.5 Å². The number of hydrogen-bond donors (Lipinski definition) is 1. The molecule has 80 valence electrons. The zero-order valence-electron chi connectivity index (χ0n) is 7.51. The first-order valence-electron chi connectivity index (χ1n) is 4.00. The topological polar surface area (TPSA) is 37.3 Å². The summed E-state index contributed by atoms with van der Waals surface area (Å²) < 4.78 is 24.6. The van der Waals surface area contributed by atoms with Crippen LogP contribution in [0.1, 0.15) is 11.1 Å². The van der Waals surface area contributed by atoms with Gasteiger partial charge in [0.25, 0.3) is 6.08 Å². The SMILES string of the molecule is O=C(O)C(=C(F)F)c1ccc(CBr)cc1. The van der Waals surface area contributed by atoms with Crippen LogP contribution in [0.3, 0.4) is 0 Å². The Morgan fingerprint density at radius 3 is 2.13 bits per heavy atom. The van der Waals surface area contributed by atoms with Crippen LogP contribution in [0, 0.1) is 0 Å². The molecule has 0 unspecified atom stereocenters. The molecular weight excluding hydrogens is 270 g/mol. The lowest BCUT2D eigenvalue weighted by Crippen LogP contribution is -2.00. The predicted molar refractivity (Wildman–Crippen MR) is 55.8 cm³/mol. The second-order valence-corrected chi connectivity index (χ2v) is 3.33. The molecule has 0 spiro atoms. The number of benzene rings is 1. The average Bonchev–Trinajstić information content (AvgIpc) is 2.18. The van der Waals surface area contributed by atoms with E-state index < -0.39 is 17.6 Å². The third-order valence-electron chi connectivity index (χ3n) is 1.80. The van der Waals surface area contributed by atoms with Crippen LogP contribution in [-0.2, 0) is 10.1 Å². The van der Waals surface area contributed by atoms with E-state index in [9.17, 15) is 13.6 Å². The number of alkyl halides is 1. The molecule has 0 amide bonds. The molecule has 0 aliphatic heterocycles. The third kappa shape index (κ3) is 2.86. The zero-order chi connectivity index (χ0) is 11.4. The van der Waals surface area contributed by atoms with Crippen LogP contribution in [0.2, 0.25) is 0 Å². The van der Waals surface area contributed by atoms with Gasteiger partial charge in [0.1, 0.15) is 5.57 Å². The molecule has 0 saturated heterocycles. The van der Waals surface area contributed by atoms with Crippen molar-refractivity contribution in [3.63, 3.8) is 0 Å². The second-order valence-electron chi connectivity index (χ2n) is 2.77. The number of halogens is 3. The first-order chi connectivity index (χ1) is 7.06. The largest absolute Gasteiger partial charge is 0.477 e. The summed E-state index contributed by atoms with van der Waals surface area (Å²) in [6.45, 7) is 0. The smallest absolute Gasteiger partial charge is 0.341 e. The molecule has 0 aromatic heterocycles. The lowest BCUT2D eigenvalue weighted by Gasteiger charge is -2.02.